The molecule has 0 radical (unpaired) electrons. The number of aliphatic hydroxyl groups is 5. The summed E-state index contributed by atoms with van der Waals surface area (Å²) >= 11 is 0. The quantitative estimate of drug-likeness (QED) is 0.00567. The number of amides is 4. The van der Waals surface area contributed by atoms with Crippen LogP contribution in [0, 0.1) is 16.7 Å². The van der Waals surface area contributed by atoms with Crippen LogP contribution < -0.4 is 27.8 Å². The SMILES string of the molecule is CC#N.CC(C)(C)OC(=O)N=C(NC(=O)OC(C)(C)C)n1cccn1.CCCC(O)(CCC)CCc1cccc(/C=C/CN)c1.CCCC(O)(CCC)CCc1cccc(CCCCC(=N)N)c1.CCCC(O)(CCC)CCc1cccc(CCCCC(=NC(=O)OC(C)(C)C)NC(=O)OC(C)(C)C)c1.CCCC(O)(CCC)CCc1cccc(CCCN)c1.CCO.CCOC(C)=O.Cl.Cl. The number of aliphatic imine (C=N–C) groups is 2. The summed E-state index contributed by atoms with van der Waals surface area (Å²) in [5, 5.41) is 74.0. The van der Waals surface area contributed by atoms with Crippen molar-refractivity contribution in [3.8, 4) is 6.07 Å². The van der Waals surface area contributed by atoms with Gasteiger partial charge in [0.25, 0.3) is 0 Å². The third-order valence-electron chi connectivity index (χ3n) is 20.1. The van der Waals surface area contributed by atoms with Crippen molar-refractivity contribution in [1.29, 1.82) is 10.7 Å². The minimum atomic E-state index is -0.839. The number of unbranched alkanes of at least 4 members (excludes halogenated alkanes) is 2. The van der Waals surface area contributed by atoms with Gasteiger partial charge in [-0.05, 0) is 308 Å². The monoisotopic (exact) mass is 1950 g/mol. The van der Waals surface area contributed by atoms with Crippen LogP contribution in [0.1, 0.15) is 384 Å². The molecule has 0 fully saturated rings. The number of hydrogen-bond donors (Lipinski definition) is 11. The van der Waals surface area contributed by atoms with Gasteiger partial charge in [-0.1, -0.05) is 216 Å². The summed E-state index contributed by atoms with van der Waals surface area (Å²) in [7, 11) is 0. The van der Waals surface area contributed by atoms with Crippen molar-refractivity contribution in [1.82, 2.24) is 20.4 Å². The summed E-state index contributed by atoms with van der Waals surface area (Å²) in [6.45, 7) is 46.4. The second-order valence-corrected chi connectivity index (χ2v) is 38.2. The number of rotatable bonds is 44. The maximum Gasteiger partial charge on any atom is 0.437 e. The minimum absolute atomic E-state index is 0. The highest BCUT2D eigenvalue weighted by Gasteiger charge is 2.30. The van der Waals surface area contributed by atoms with E-state index in [0.29, 0.717) is 26.0 Å². The Morgan fingerprint density at radius 2 is 0.772 bits per heavy atom. The second-order valence-electron chi connectivity index (χ2n) is 38.2. The zero-order valence-corrected chi connectivity index (χ0v) is 89.7. The topological polar surface area (TPSA) is 425 Å². The number of nitrogens with two attached hydrogens (primary N) is 3. The van der Waals surface area contributed by atoms with Gasteiger partial charge in [-0.25, -0.2) is 23.9 Å². The van der Waals surface area contributed by atoms with Crippen molar-refractivity contribution in [3.05, 3.63) is 166 Å². The molecule has 136 heavy (non-hydrogen) atoms. The average molecular weight is 1950 g/mol. The molecule has 4 amide bonds. The summed E-state index contributed by atoms with van der Waals surface area (Å²) in [4.78, 5) is 65.6. The zero-order chi connectivity index (χ0) is 102. The van der Waals surface area contributed by atoms with Crippen LogP contribution in [0.4, 0.5) is 19.2 Å². The molecule has 0 bridgehead atoms. The average Bonchev–Trinajstić information content (AvgIpc) is 1.78. The number of ether oxygens (including phenoxy) is 5. The molecule has 0 saturated heterocycles. The highest BCUT2D eigenvalue weighted by molar-refractivity contribution is 6.00. The standard InChI is InChI=1S/C30H50N2O5.C20H34N2O.C18H31NO.C18H29NO.C14H22N4O4.C4H8O2.C2H3N.C2H6O.2ClH/c1-9-19-30(35,20-10-2)21-18-24-16-13-15-23(22-24)14-11-12-17-25(31-26(33)36-28(3,4)5)32-27(34)37-29(6,7)8;1-3-13-20(23,14-4-2)15-12-18-10-7-9-17(16-18)8-5-6-11-19(21)22;2*1-3-11-18(20,12-4-2)13-10-17-8-5-7-16(15-17)9-6-14-19;1-13(2,3)21-11(19)16-10(18-9-7-8-15-18)17-12(20)22-14(4,5)6;1-3-6-4(2)5;2*1-2-3;;/h13,15-16,22,35H,9-12,14,17-21H2,1-8H3,(H,31,32,33,34);7,9-10,16,23H,3-6,8,11-15H2,1-2H3,(H3,21,22);5,7-8,15,20H,3-4,6,9-14,19H2,1-2H3;5-9,15,20H,3-4,10-14,19H2,1-2H3;7-9H,1-6H3,(H,16,17,19,20);3H2,1-2H3;1H3;3H,2H2,1H3;2*1H/b;;;9-6+;;;;;;. The first-order chi connectivity index (χ1) is 63.0. The number of aryl methyl sites for hydroxylation is 7. The van der Waals surface area contributed by atoms with Gasteiger partial charge in [0.15, 0.2) is 0 Å². The summed E-state index contributed by atoms with van der Waals surface area (Å²) in [5.41, 5.74) is 22.0. The van der Waals surface area contributed by atoms with E-state index in [1.165, 1.54) is 75.4 Å². The largest absolute Gasteiger partial charge is 0.466 e. The Morgan fingerprint density at radius 1 is 0.463 bits per heavy atom. The molecule has 1 heterocycles. The number of nitriles is 1. The molecule has 1 aromatic heterocycles. The number of halogens is 2. The molecular weight excluding hydrogens is 1760 g/mol. The van der Waals surface area contributed by atoms with Gasteiger partial charge in [-0.3, -0.25) is 20.8 Å². The molecule has 28 heteroatoms. The van der Waals surface area contributed by atoms with E-state index >= 15 is 0 Å². The summed E-state index contributed by atoms with van der Waals surface area (Å²) in [6, 6.07) is 37.8. The first-order valence-electron chi connectivity index (χ1n) is 49.2. The van der Waals surface area contributed by atoms with E-state index in [0.717, 1.165) is 212 Å². The van der Waals surface area contributed by atoms with E-state index in [4.69, 9.17) is 51.9 Å². The fourth-order valence-corrected chi connectivity index (χ4v) is 14.6. The number of nitrogens with one attached hydrogen (secondary N) is 3. The lowest BCUT2D eigenvalue weighted by molar-refractivity contribution is -0.140. The summed E-state index contributed by atoms with van der Waals surface area (Å²) in [5.74, 6) is 0.208. The van der Waals surface area contributed by atoms with Gasteiger partial charge in [0.1, 0.15) is 28.2 Å². The minimum Gasteiger partial charge on any atom is -0.466 e. The number of carbonyl (C=O) groups is 5. The number of alkyl carbamates (subject to hydrolysis) is 2. The number of nitrogens with zero attached hydrogens (tertiary/aromatic N) is 5. The fraction of sp³-hybridized carbons (Fsp3) is 0.648. The zero-order valence-electron chi connectivity index (χ0n) is 88.1. The van der Waals surface area contributed by atoms with E-state index < -0.39 is 69.2 Å². The highest BCUT2D eigenvalue weighted by atomic mass is 35.5. The fourth-order valence-electron chi connectivity index (χ4n) is 14.6. The van der Waals surface area contributed by atoms with Gasteiger partial charge in [0.2, 0.25) is 5.96 Å². The molecule has 5 rings (SSSR count). The Hall–Kier alpha value is -8.62. The van der Waals surface area contributed by atoms with Crippen molar-refractivity contribution >= 4 is 78.9 Å². The molecule has 5 aromatic rings. The molecule has 776 valence electrons. The molecule has 0 aliphatic heterocycles. The molecule has 0 aliphatic carbocycles. The van der Waals surface area contributed by atoms with Crippen molar-refractivity contribution in [3.63, 3.8) is 0 Å². The summed E-state index contributed by atoms with van der Waals surface area (Å²) < 4.78 is 26.4. The van der Waals surface area contributed by atoms with E-state index in [9.17, 15) is 44.4 Å². The highest BCUT2D eigenvalue weighted by Crippen LogP contribution is 2.31. The van der Waals surface area contributed by atoms with Gasteiger partial charge >= 0.3 is 30.3 Å². The lowest BCUT2D eigenvalue weighted by Crippen LogP contribution is -2.40. The first kappa shape index (κ1) is 136. The normalized spacial score (nSPS) is 11.6. The van der Waals surface area contributed by atoms with Crippen molar-refractivity contribution in [2.75, 3.05) is 26.3 Å². The van der Waals surface area contributed by atoms with Crippen LogP contribution in [0.15, 0.2) is 132 Å². The predicted octanol–water partition coefficient (Wildman–Crippen LogP) is 24.4. The van der Waals surface area contributed by atoms with E-state index in [-0.39, 0.29) is 55.0 Å². The predicted molar refractivity (Wildman–Crippen MR) is 565 cm³/mol. The molecule has 26 nitrogen and oxygen atoms in total. The molecule has 0 saturated carbocycles. The Kier molecular flexibility index (Phi) is 77.1. The lowest BCUT2D eigenvalue weighted by Gasteiger charge is -2.27. The van der Waals surface area contributed by atoms with Crippen LogP contribution in [0.2, 0.25) is 0 Å². The summed E-state index contributed by atoms with van der Waals surface area (Å²) in [6.07, 6.45) is 35.1. The van der Waals surface area contributed by atoms with Crippen LogP contribution in [-0.4, -0.2) is 154 Å². The maximum atomic E-state index is 12.3. The number of carbonyl (C=O) groups excluding carboxylic acids is 5. The number of aliphatic hydroxyl groups excluding tert-OH is 1. The third-order valence-corrected chi connectivity index (χ3v) is 20.1. The Balaban J connectivity index is -0.000000517. The smallest absolute Gasteiger partial charge is 0.437 e. The van der Waals surface area contributed by atoms with Crippen LogP contribution in [0.5, 0.6) is 0 Å². The maximum absolute atomic E-state index is 12.3. The number of aromatic nitrogens is 2. The lowest BCUT2D eigenvalue weighted by atomic mass is 9.86. The van der Waals surface area contributed by atoms with Crippen molar-refractivity contribution < 1.29 is 73.2 Å². The Bertz CT molecular complexity index is 4080. The first-order valence-corrected chi connectivity index (χ1v) is 49.2. The molecular formula is C108H185Cl2N11O15. The number of hydrogen-bond acceptors (Lipinski definition) is 20. The third kappa shape index (κ3) is 76.4. The van der Waals surface area contributed by atoms with Crippen LogP contribution >= 0.6 is 24.8 Å². The van der Waals surface area contributed by atoms with Gasteiger partial charge in [0, 0.05) is 52.2 Å². The van der Waals surface area contributed by atoms with Gasteiger partial charge in [0.05, 0.1) is 40.9 Å². The number of esters is 1. The molecule has 0 unspecified atom stereocenters. The van der Waals surface area contributed by atoms with E-state index in [2.05, 4.69) is 183 Å². The van der Waals surface area contributed by atoms with Crippen LogP contribution in [-0.2, 0) is 73.4 Å². The van der Waals surface area contributed by atoms with Crippen LogP contribution in [0.25, 0.3) is 6.08 Å². The van der Waals surface area contributed by atoms with Crippen LogP contribution in [0.3, 0.4) is 0 Å². The Labute approximate surface area is 833 Å². The number of amidine groups is 2. The Morgan fingerprint density at radius 3 is 1.06 bits per heavy atom. The molecule has 4 aromatic carbocycles. The van der Waals surface area contributed by atoms with Gasteiger partial charge in [-0.2, -0.15) is 15.4 Å². The molecule has 0 atom stereocenters. The number of benzene rings is 4. The van der Waals surface area contributed by atoms with E-state index in [1.54, 1.807) is 109 Å². The van der Waals surface area contributed by atoms with E-state index in [1.807, 2.05) is 12.2 Å². The van der Waals surface area contributed by atoms with Gasteiger partial charge < -0.3 is 66.4 Å². The molecule has 0 aliphatic rings. The molecule has 0 spiro atoms. The molecule has 14 N–H and O–H groups in total. The van der Waals surface area contributed by atoms with Gasteiger partial charge in [-0.15, -0.1) is 29.8 Å². The second kappa shape index (κ2) is 77.2. The van der Waals surface area contributed by atoms with Crippen molar-refractivity contribution in [2.24, 2.45) is 27.2 Å². The van der Waals surface area contributed by atoms with Crippen molar-refractivity contribution in [2.45, 2.75) is 429 Å².